The summed E-state index contributed by atoms with van der Waals surface area (Å²) in [7, 11) is 0. The summed E-state index contributed by atoms with van der Waals surface area (Å²) in [6.07, 6.45) is 0. The van der Waals surface area contributed by atoms with Crippen molar-refractivity contribution in [1.29, 1.82) is 0 Å². The van der Waals surface area contributed by atoms with Crippen LogP contribution in [0.3, 0.4) is 0 Å². The molecule has 0 aliphatic rings. The maximum absolute atomic E-state index is 5.35. The fourth-order valence-corrected chi connectivity index (χ4v) is 0. The molecule has 0 fully saturated rings. The fraction of sp³-hybridized carbons (Fsp3) is 1.00. The third kappa shape index (κ3) is 3.89. The Balaban J connectivity index is 3.54. The Morgan fingerprint density at radius 3 is 1.57 bits per heavy atom. The molecule has 0 aromatic rings. The van der Waals surface area contributed by atoms with E-state index in [9.17, 15) is 0 Å². The maximum Gasteiger partial charge on any atom is 0.202 e. The zero-order valence-electron chi connectivity index (χ0n) is 3.59. The van der Waals surface area contributed by atoms with Gasteiger partial charge in [-0.25, -0.2) is 0 Å². The van der Waals surface area contributed by atoms with E-state index in [0.29, 0.717) is 0 Å². The fourth-order valence-electron chi connectivity index (χ4n) is 0. The summed E-state index contributed by atoms with van der Waals surface area (Å²) < 4.78 is -1.17. The Morgan fingerprint density at radius 2 is 1.57 bits per heavy atom. The van der Waals surface area contributed by atoms with E-state index in [4.69, 9.17) is 34.8 Å². The van der Waals surface area contributed by atoms with Gasteiger partial charge < -0.3 is 0 Å². The van der Waals surface area contributed by atoms with Crippen molar-refractivity contribution in [1.82, 2.24) is 0 Å². The van der Waals surface area contributed by atoms with Gasteiger partial charge >= 0.3 is 0 Å². The van der Waals surface area contributed by atoms with Gasteiger partial charge in [0.05, 0.1) is 4.83 Å². The lowest BCUT2D eigenvalue weighted by molar-refractivity contribution is 1.02. The van der Waals surface area contributed by atoms with Crippen molar-refractivity contribution in [3.05, 3.63) is 0 Å². The highest BCUT2D eigenvalue weighted by molar-refractivity contribution is 9.09. The van der Waals surface area contributed by atoms with Gasteiger partial charge in [-0.1, -0.05) is 50.7 Å². The predicted molar refractivity (Wildman–Crippen MR) is 38.7 cm³/mol. The summed E-state index contributed by atoms with van der Waals surface area (Å²) in [5.74, 6) is 0. The summed E-state index contributed by atoms with van der Waals surface area (Å²) in [4.78, 5) is -0.0926. The first kappa shape index (κ1) is 8.35. The Morgan fingerprint density at radius 1 is 1.43 bits per heavy atom. The van der Waals surface area contributed by atoms with Gasteiger partial charge in [0, 0.05) is 0 Å². The summed E-state index contributed by atoms with van der Waals surface area (Å²) in [5.41, 5.74) is 0. The highest BCUT2D eigenvalue weighted by atomic mass is 79.9. The van der Waals surface area contributed by atoms with Crippen molar-refractivity contribution in [2.24, 2.45) is 0 Å². The molecule has 0 N–H and O–H groups in total. The lowest BCUT2D eigenvalue weighted by atomic mass is 10.6. The van der Waals surface area contributed by atoms with Crippen LogP contribution < -0.4 is 0 Å². The van der Waals surface area contributed by atoms with Crippen LogP contribution in [0.5, 0.6) is 0 Å². The molecule has 0 amide bonds. The van der Waals surface area contributed by atoms with Gasteiger partial charge in [0.1, 0.15) is 0 Å². The van der Waals surface area contributed by atoms with Gasteiger partial charge in [-0.15, -0.1) is 0 Å². The number of halogens is 4. The molecule has 0 saturated carbocycles. The van der Waals surface area contributed by atoms with Gasteiger partial charge in [0.2, 0.25) is 3.79 Å². The van der Waals surface area contributed by atoms with Crippen LogP contribution in [0.4, 0.5) is 0 Å². The second-order valence-corrected chi connectivity index (χ2v) is 4.90. The minimum absolute atomic E-state index is 0.0926. The molecule has 0 aliphatic carbocycles. The SMILES string of the molecule is CC(Br)C(Cl)(Cl)Cl. The molecular formula is C3H4BrCl3. The zero-order valence-corrected chi connectivity index (χ0v) is 7.44. The van der Waals surface area contributed by atoms with Crippen molar-refractivity contribution in [3.63, 3.8) is 0 Å². The maximum atomic E-state index is 5.35. The monoisotopic (exact) mass is 224 g/mol. The second kappa shape index (κ2) is 2.77. The molecule has 1 unspecified atom stereocenters. The molecular weight excluding hydrogens is 222 g/mol. The lowest BCUT2D eigenvalue weighted by Gasteiger charge is -2.11. The van der Waals surface area contributed by atoms with Gasteiger partial charge in [0.15, 0.2) is 0 Å². The summed E-state index contributed by atoms with van der Waals surface area (Å²) in [6, 6.07) is 0. The quantitative estimate of drug-likeness (QED) is 0.557. The summed E-state index contributed by atoms with van der Waals surface area (Å²) >= 11 is 19.2. The molecule has 0 aromatic carbocycles. The molecule has 0 radical (unpaired) electrons. The van der Waals surface area contributed by atoms with E-state index in [1.54, 1.807) is 6.92 Å². The van der Waals surface area contributed by atoms with Gasteiger partial charge in [0.25, 0.3) is 0 Å². The zero-order chi connectivity index (χ0) is 6.08. The van der Waals surface area contributed by atoms with E-state index in [-0.39, 0.29) is 4.83 Å². The highest BCUT2D eigenvalue weighted by Crippen LogP contribution is 2.34. The molecule has 4 heteroatoms. The van der Waals surface area contributed by atoms with Crippen LogP contribution in [0.15, 0.2) is 0 Å². The molecule has 0 rings (SSSR count). The summed E-state index contributed by atoms with van der Waals surface area (Å²) in [6.45, 7) is 1.77. The average molecular weight is 226 g/mol. The molecule has 44 valence electrons. The van der Waals surface area contributed by atoms with Crippen LogP contribution in [0.25, 0.3) is 0 Å². The first-order chi connectivity index (χ1) is 2.94. The van der Waals surface area contributed by atoms with Crippen LogP contribution in [-0.4, -0.2) is 8.62 Å². The second-order valence-electron chi connectivity index (χ2n) is 1.16. The van der Waals surface area contributed by atoms with Gasteiger partial charge in [-0.3, -0.25) is 0 Å². The van der Waals surface area contributed by atoms with Gasteiger partial charge in [-0.2, -0.15) is 0 Å². The van der Waals surface area contributed by atoms with Crippen LogP contribution in [0, 0.1) is 0 Å². The molecule has 0 spiro atoms. The molecule has 0 aliphatic heterocycles. The smallest absolute Gasteiger partial charge is 0.0847 e. The Labute approximate surface area is 66.2 Å². The minimum atomic E-state index is -1.17. The largest absolute Gasteiger partial charge is 0.202 e. The molecule has 0 aromatic heterocycles. The third-order valence-corrected chi connectivity index (χ3v) is 2.91. The summed E-state index contributed by atoms with van der Waals surface area (Å²) in [5, 5.41) is 0. The molecule has 0 nitrogen and oxygen atoms in total. The highest BCUT2D eigenvalue weighted by Gasteiger charge is 2.25. The lowest BCUT2D eigenvalue weighted by Crippen LogP contribution is -2.13. The van der Waals surface area contributed by atoms with Crippen molar-refractivity contribution in [2.75, 3.05) is 0 Å². The Kier molecular flexibility index (Phi) is 3.30. The van der Waals surface area contributed by atoms with Crippen molar-refractivity contribution >= 4 is 50.7 Å². The first-order valence-corrected chi connectivity index (χ1v) is 3.70. The average Bonchev–Trinajstić information content (AvgIpc) is 1.31. The van der Waals surface area contributed by atoms with Crippen LogP contribution >= 0.6 is 50.7 Å². The van der Waals surface area contributed by atoms with Crippen molar-refractivity contribution in [3.8, 4) is 0 Å². The van der Waals surface area contributed by atoms with E-state index in [1.807, 2.05) is 0 Å². The van der Waals surface area contributed by atoms with Crippen LogP contribution in [0.1, 0.15) is 6.92 Å². The molecule has 0 heterocycles. The topological polar surface area (TPSA) is 0 Å². The molecule has 0 bridgehead atoms. The van der Waals surface area contributed by atoms with Gasteiger partial charge in [-0.05, 0) is 6.92 Å². The Hall–Kier alpha value is 1.35. The number of hydrogen-bond donors (Lipinski definition) is 0. The standard InChI is InChI=1S/C3H4BrCl3/c1-2(4)3(5,6)7/h2H,1H3. The predicted octanol–water partition coefficient (Wildman–Crippen LogP) is 3.14. The molecule has 7 heavy (non-hydrogen) atoms. The van der Waals surface area contributed by atoms with E-state index in [0.717, 1.165) is 0 Å². The van der Waals surface area contributed by atoms with Crippen LogP contribution in [-0.2, 0) is 0 Å². The van der Waals surface area contributed by atoms with E-state index >= 15 is 0 Å². The third-order valence-electron chi connectivity index (χ3n) is 0.451. The Bertz CT molecular complexity index is 55.7. The molecule has 1 atom stereocenters. The number of hydrogen-bond acceptors (Lipinski definition) is 0. The van der Waals surface area contributed by atoms with E-state index in [2.05, 4.69) is 15.9 Å². The number of alkyl halides is 4. The minimum Gasteiger partial charge on any atom is -0.0847 e. The van der Waals surface area contributed by atoms with Crippen molar-refractivity contribution < 1.29 is 0 Å². The van der Waals surface area contributed by atoms with Crippen molar-refractivity contribution in [2.45, 2.75) is 15.5 Å². The van der Waals surface area contributed by atoms with E-state index < -0.39 is 3.79 Å². The number of rotatable bonds is 0. The van der Waals surface area contributed by atoms with E-state index in [1.165, 1.54) is 0 Å². The normalized spacial score (nSPS) is 16.7. The molecule has 0 saturated heterocycles. The first-order valence-electron chi connectivity index (χ1n) is 1.65. The van der Waals surface area contributed by atoms with Crippen LogP contribution in [0.2, 0.25) is 0 Å².